The van der Waals surface area contributed by atoms with E-state index >= 15 is 0 Å². The maximum Gasteiger partial charge on any atom is 0.301 e. The van der Waals surface area contributed by atoms with Crippen LogP contribution < -0.4 is 5.43 Å². The van der Waals surface area contributed by atoms with Gasteiger partial charge in [-0.15, -0.1) is 0 Å². The summed E-state index contributed by atoms with van der Waals surface area (Å²) in [6, 6.07) is 5.77. The Morgan fingerprint density at radius 1 is 1.04 bits per heavy atom. The predicted molar refractivity (Wildman–Crippen MR) is 77.3 cm³/mol. The van der Waals surface area contributed by atoms with Gasteiger partial charge in [0, 0.05) is 17.7 Å². The molecule has 0 aliphatic rings. The van der Waals surface area contributed by atoms with Crippen LogP contribution in [0.1, 0.15) is 5.56 Å². The SMILES string of the molecule is O=[N+]([O-])c1ccc(NN=Cc2ccc(F)cc2F)c([N+](=O)[O-])c1. The molecular weight excluding hydrogens is 314 g/mol. The highest BCUT2D eigenvalue weighted by molar-refractivity contribution is 5.81. The average molecular weight is 322 g/mol. The minimum absolute atomic E-state index is 0.0385. The molecule has 0 heterocycles. The molecule has 0 aromatic heterocycles. The van der Waals surface area contributed by atoms with E-state index < -0.39 is 32.9 Å². The van der Waals surface area contributed by atoms with Crippen molar-refractivity contribution in [1.29, 1.82) is 0 Å². The summed E-state index contributed by atoms with van der Waals surface area (Å²) in [5.41, 5.74) is 1.14. The van der Waals surface area contributed by atoms with Crippen molar-refractivity contribution in [3.05, 3.63) is 73.8 Å². The zero-order valence-corrected chi connectivity index (χ0v) is 11.3. The molecule has 8 nitrogen and oxygen atoms in total. The predicted octanol–water partition coefficient (Wildman–Crippen LogP) is 3.23. The van der Waals surface area contributed by atoms with Crippen molar-refractivity contribution in [1.82, 2.24) is 0 Å². The summed E-state index contributed by atoms with van der Waals surface area (Å²) < 4.78 is 26.1. The van der Waals surface area contributed by atoms with Gasteiger partial charge in [-0.05, 0) is 18.2 Å². The molecule has 0 saturated heterocycles. The van der Waals surface area contributed by atoms with Crippen molar-refractivity contribution >= 4 is 23.3 Å². The average Bonchev–Trinajstić information content (AvgIpc) is 2.49. The minimum Gasteiger partial charge on any atom is -0.272 e. The highest BCUT2D eigenvalue weighted by atomic mass is 19.1. The van der Waals surface area contributed by atoms with Crippen LogP contribution in [0.3, 0.4) is 0 Å². The smallest absolute Gasteiger partial charge is 0.272 e. The first kappa shape index (κ1) is 15.9. The zero-order chi connectivity index (χ0) is 17.0. The van der Waals surface area contributed by atoms with Gasteiger partial charge in [-0.3, -0.25) is 25.7 Å². The van der Waals surface area contributed by atoms with E-state index in [0.29, 0.717) is 6.07 Å². The number of nitro groups is 2. The Bertz CT molecular complexity index is 811. The number of nitro benzene ring substituents is 2. The first-order valence-electron chi connectivity index (χ1n) is 6.05. The Morgan fingerprint density at radius 3 is 2.39 bits per heavy atom. The molecule has 0 amide bonds. The zero-order valence-electron chi connectivity index (χ0n) is 11.3. The molecule has 0 bridgehead atoms. The van der Waals surface area contributed by atoms with E-state index in [1.807, 2.05) is 0 Å². The van der Waals surface area contributed by atoms with Gasteiger partial charge in [0.25, 0.3) is 5.69 Å². The number of hydrazone groups is 1. The van der Waals surface area contributed by atoms with E-state index in [0.717, 1.165) is 36.5 Å². The first-order chi connectivity index (χ1) is 10.9. The summed E-state index contributed by atoms with van der Waals surface area (Å²) in [6.07, 6.45) is 1.000. The van der Waals surface area contributed by atoms with Crippen LogP contribution in [0.4, 0.5) is 25.8 Å². The summed E-state index contributed by atoms with van der Waals surface area (Å²) in [7, 11) is 0. The van der Waals surface area contributed by atoms with Crippen LogP contribution in [0.15, 0.2) is 41.5 Å². The first-order valence-corrected chi connectivity index (χ1v) is 6.05. The number of rotatable bonds is 5. The van der Waals surface area contributed by atoms with Crippen LogP contribution in [-0.2, 0) is 0 Å². The van der Waals surface area contributed by atoms with Crippen LogP contribution in [0.5, 0.6) is 0 Å². The second-order valence-electron chi connectivity index (χ2n) is 4.25. The van der Waals surface area contributed by atoms with Crippen molar-refractivity contribution in [2.24, 2.45) is 5.10 Å². The maximum absolute atomic E-state index is 13.4. The third-order valence-corrected chi connectivity index (χ3v) is 2.74. The van der Waals surface area contributed by atoms with E-state index in [-0.39, 0.29) is 11.3 Å². The number of benzene rings is 2. The third kappa shape index (κ3) is 3.81. The number of hydrogen-bond donors (Lipinski definition) is 1. The van der Waals surface area contributed by atoms with E-state index in [9.17, 15) is 29.0 Å². The molecule has 0 atom stereocenters. The van der Waals surface area contributed by atoms with E-state index in [4.69, 9.17) is 0 Å². The summed E-state index contributed by atoms with van der Waals surface area (Å²) in [6.45, 7) is 0. The van der Waals surface area contributed by atoms with Gasteiger partial charge in [-0.1, -0.05) is 0 Å². The molecule has 0 unspecified atom stereocenters. The van der Waals surface area contributed by atoms with Crippen LogP contribution >= 0.6 is 0 Å². The number of hydrogen-bond acceptors (Lipinski definition) is 6. The molecule has 2 aromatic carbocycles. The summed E-state index contributed by atoms with van der Waals surface area (Å²) >= 11 is 0. The third-order valence-electron chi connectivity index (χ3n) is 2.74. The Balaban J connectivity index is 2.24. The highest BCUT2D eigenvalue weighted by Crippen LogP contribution is 2.28. The van der Waals surface area contributed by atoms with E-state index in [2.05, 4.69) is 10.5 Å². The fraction of sp³-hybridized carbons (Fsp3) is 0. The summed E-state index contributed by atoms with van der Waals surface area (Å²) in [5.74, 6) is -1.60. The molecule has 0 radical (unpaired) electrons. The van der Waals surface area contributed by atoms with Crippen molar-refractivity contribution in [2.45, 2.75) is 0 Å². The number of halogens is 2. The minimum atomic E-state index is -0.853. The largest absolute Gasteiger partial charge is 0.301 e. The molecule has 2 aromatic rings. The van der Waals surface area contributed by atoms with Gasteiger partial charge >= 0.3 is 5.69 Å². The van der Waals surface area contributed by atoms with E-state index in [1.165, 1.54) is 0 Å². The van der Waals surface area contributed by atoms with Crippen LogP contribution in [-0.4, -0.2) is 16.1 Å². The molecule has 118 valence electrons. The molecule has 0 spiro atoms. The summed E-state index contributed by atoms with van der Waals surface area (Å²) in [4.78, 5) is 19.9. The molecule has 2 rings (SSSR count). The van der Waals surface area contributed by atoms with Gasteiger partial charge in [0.05, 0.1) is 22.1 Å². The lowest BCUT2D eigenvalue weighted by molar-refractivity contribution is -0.393. The van der Waals surface area contributed by atoms with Gasteiger partial charge in [0.1, 0.15) is 17.3 Å². The van der Waals surface area contributed by atoms with E-state index in [1.54, 1.807) is 0 Å². The van der Waals surface area contributed by atoms with Gasteiger partial charge in [0.2, 0.25) is 0 Å². The molecular formula is C13H8F2N4O4. The Kier molecular flexibility index (Phi) is 4.55. The lowest BCUT2D eigenvalue weighted by Crippen LogP contribution is -1.99. The lowest BCUT2D eigenvalue weighted by Gasteiger charge is -2.02. The number of nitrogens with one attached hydrogen (secondary N) is 1. The Labute approximate surface area is 127 Å². The molecule has 1 N–H and O–H groups in total. The standard InChI is InChI=1S/C13H8F2N4O4/c14-9-2-1-8(11(15)5-9)7-16-17-12-4-3-10(18(20)21)6-13(12)19(22)23/h1-7,17H. The van der Waals surface area contributed by atoms with Gasteiger partial charge in [0.15, 0.2) is 0 Å². The number of non-ortho nitro benzene ring substituents is 1. The molecule has 0 aliphatic carbocycles. The molecule has 0 fully saturated rings. The quantitative estimate of drug-likeness (QED) is 0.516. The van der Waals surface area contributed by atoms with Gasteiger partial charge in [-0.25, -0.2) is 8.78 Å². The fourth-order valence-electron chi connectivity index (χ4n) is 1.66. The van der Waals surface area contributed by atoms with Crippen LogP contribution in [0.2, 0.25) is 0 Å². The maximum atomic E-state index is 13.4. The van der Waals surface area contributed by atoms with Crippen molar-refractivity contribution < 1.29 is 18.6 Å². The number of anilines is 1. The summed E-state index contributed by atoms with van der Waals surface area (Å²) in [5, 5.41) is 25.1. The van der Waals surface area contributed by atoms with Crippen molar-refractivity contribution in [3.8, 4) is 0 Å². The highest BCUT2D eigenvalue weighted by Gasteiger charge is 2.19. The van der Waals surface area contributed by atoms with Crippen LogP contribution in [0, 0.1) is 31.9 Å². The monoisotopic (exact) mass is 322 g/mol. The fourth-order valence-corrected chi connectivity index (χ4v) is 1.66. The Morgan fingerprint density at radius 2 is 1.78 bits per heavy atom. The molecule has 0 aliphatic heterocycles. The van der Waals surface area contributed by atoms with Crippen molar-refractivity contribution in [3.63, 3.8) is 0 Å². The molecule has 0 saturated carbocycles. The lowest BCUT2D eigenvalue weighted by atomic mass is 10.2. The molecule has 23 heavy (non-hydrogen) atoms. The normalized spacial score (nSPS) is 10.7. The number of nitrogens with zero attached hydrogens (tertiary/aromatic N) is 3. The topological polar surface area (TPSA) is 111 Å². The van der Waals surface area contributed by atoms with Crippen LogP contribution in [0.25, 0.3) is 0 Å². The second kappa shape index (κ2) is 6.56. The van der Waals surface area contributed by atoms with Gasteiger partial charge in [-0.2, -0.15) is 5.10 Å². The molecule has 10 heteroatoms. The Hall–Kier alpha value is -3.43. The second-order valence-corrected chi connectivity index (χ2v) is 4.25. The van der Waals surface area contributed by atoms with Crippen molar-refractivity contribution in [2.75, 3.05) is 5.43 Å². The van der Waals surface area contributed by atoms with Gasteiger partial charge < -0.3 is 0 Å².